The molecule has 0 spiro atoms. The maximum atomic E-state index is 5.57. The molecule has 0 radical (unpaired) electrons. The van der Waals surface area contributed by atoms with Crippen molar-refractivity contribution in [3.05, 3.63) is 34.9 Å². The Morgan fingerprint density at radius 2 is 2.00 bits per heavy atom. The number of rotatable bonds is 7. The van der Waals surface area contributed by atoms with Gasteiger partial charge < -0.3 is 14.8 Å². The molecule has 19 heavy (non-hydrogen) atoms. The van der Waals surface area contributed by atoms with Crippen molar-refractivity contribution >= 4 is 0 Å². The van der Waals surface area contributed by atoms with Crippen LogP contribution in [-0.4, -0.2) is 26.0 Å². The average Bonchev–Trinajstić information content (AvgIpc) is 2.79. The van der Waals surface area contributed by atoms with Gasteiger partial charge in [0.15, 0.2) is 6.29 Å². The van der Waals surface area contributed by atoms with Gasteiger partial charge in [-0.1, -0.05) is 23.8 Å². The van der Waals surface area contributed by atoms with Crippen LogP contribution in [0.2, 0.25) is 0 Å². The van der Waals surface area contributed by atoms with E-state index < -0.39 is 0 Å². The first-order valence-electron chi connectivity index (χ1n) is 7.30. The highest BCUT2D eigenvalue weighted by Crippen LogP contribution is 2.31. The molecule has 0 fully saturated rings. The second kappa shape index (κ2) is 7.04. The second-order valence-electron chi connectivity index (χ2n) is 5.04. The number of aryl methyl sites for hydroxylation is 2. The molecule has 1 aromatic carbocycles. The maximum Gasteiger partial charge on any atom is 0.169 e. The number of fused-ring (bicyclic) bond motifs is 1. The Labute approximate surface area is 116 Å². The molecular formula is C16H25NO2. The van der Waals surface area contributed by atoms with Crippen LogP contribution in [-0.2, 0) is 15.9 Å². The van der Waals surface area contributed by atoms with Crippen LogP contribution in [0.5, 0.6) is 0 Å². The van der Waals surface area contributed by atoms with E-state index in [1.54, 1.807) is 0 Å². The first kappa shape index (κ1) is 14.5. The number of benzene rings is 1. The fraction of sp³-hybridized carbons (Fsp3) is 0.625. The SMILES string of the molecule is CCOC(CNC1CCc2ccc(C)cc21)OCC. The van der Waals surface area contributed by atoms with Crippen molar-refractivity contribution in [2.24, 2.45) is 0 Å². The topological polar surface area (TPSA) is 30.5 Å². The summed E-state index contributed by atoms with van der Waals surface area (Å²) in [6.07, 6.45) is 2.20. The molecule has 1 aliphatic rings. The third-order valence-corrected chi connectivity index (χ3v) is 3.62. The molecule has 0 saturated carbocycles. The molecule has 1 atom stereocenters. The Balaban J connectivity index is 1.93. The second-order valence-corrected chi connectivity index (χ2v) is 5.04. The molecule has 0 aliphatic heterocycles. The summed E-state index contributed by atoms with van der Waals surface area (Å²) < 4.78 is 11.1. The lowest BCUT2D eigenvalue weighted by Gasteiger charge is -2.21. The van der Waals surface area contributed by atoms with Crippen LogP contribution in [0.1, 0.15) is 43.0 Å². The van der Waals surface area contributed by atoms with Crippen LogP contribution in [0.3, 0.4) is 0 Å². The molecular weight excluding hydrogens is 238 g/mol. The quantitative estimate of drug-likeness (QED) is 0.767. The van der Waals surface area contributed by atoms with E-state index >= 15 is 0 Å². The van der Waals surface area contributed by atoms with E-state index in [9.17, 15) is 0 Å². The Morgan fingerprint density at radius 1 is 1.26 bits per heavy atom. The molecule has 3 heteroatoms. The predicted octanol–water partition coefficient (Wildman–Crippen LogP) is 2.97. The van der Waals surface area contributed by atoms with Gasteiger partial charge in [-0.25, -0.2) is 0 Å². The van der Waals surface area contributed by atoms with Gasteiger partial charge in [-0.05, 0) is 44.7 Å². The number of hydrogen-bond donors (Lipinski definition) is 1. The van der Waals surface area contributed by atoms with Gasteiger partial charge in [0.25, 0.3) is 0 Å². The van der Waals surface area contributed by atoms with Gasteiger partial charge in [0, 0.05) is 25.8 Å². The summed E-state index contributed by atoms with van der Waals surface area (Å²) in [5.41, 5.74) is 4.26. The highest BCUT2D eigenvalue weighted by molar-refractivity contribution is 5.37. The van der Waals surface area contributed by atoms with Crippen molar-refractivity contribution < 1.29 is 9.47 Å². The minimum atomic E-state index is -0.135. The smallest absolute Gasteiger partial charge is 0.169 e. The van der Waals surface area contributed by atoms with E-state index in [-0.39, 0.29) is 6.29 Å². The van der Waals surface area contributed by atoms with Crippen molar-refractivity contribution in [3.63, 3.8) is 0 Å². The Hall–Kier alpha value is -0.900. The first-order valence-corrected chi connectivity index (χ1v) is 7.30. The summed E-state index contributed by atoms with van der Waals surface area (Å²) in [6, 6.07) is 7.20. The Bertz CT molecular complexity index is 400. The van der Waals surface area contributed by atoms with Crippen molar-refractivity contribution in [1.82, 2.24) is 5.32 Å². The average molecular weight is 263 g/mol. The van der Waals surface area contributed by atoms with Gasteiger partial charge in [0.2, 0.25) is 0 Å². The van der Waals surface area contributed by atoms with Gasteiger partial charge in [0.1, 0.15) is 0 Å². The molecule has 3 nitrogen and oxygen atoms in total. The standard InChI is InChI=1S/C16H25NO2/c1-4-18-16(19-5-2)11-17-15-9-8-13-7-6-12(3)10-14(13)15/h6-7,10,15-17H,4-5,8-9,11H2,1-3H3. The van der Waals surface area contributed by atoms with Crippen molar-refractivity contribution in [2.75, 3.05) is 19.8 Å². The molecule has 1 unspecified atom stereocenters. The summed E-state index contributed by atoms with van der Waals surface area (Å²) >= 11 is 0. The monoisotopic (exact) mass is 263 g/mol. The molecule has 1 N–H and O–H groups in total. The summed E-state index contributed by atoms with van der Waals surface area (Å²) in [7, 11) is 0. The summed E-state index contributed by atoms with van der Waals surface area (Å²) in [5, 5.41) is 3.58. The van der Waals surface area contributed by atoms with Gasteiger partial charge in [0.05, 0.1) is 0 Å². The largest absolute Gasteiger partial charge is 0.352 e. The van der Waals surface area contributed by atoms with Crippen LogP contribution >= 0.6 is 0 Å². The lowest BCUT2D eigenvalue weighted by Crippen LogP contribution is -2.33. The van der Waals surface area contributed by atoms with Gasteiger partial charge >= 0.3 is 0 Å². The Kier molecular flexibility index (Phi) is 5.37. The zero-order valence-electron chi connectivity index (χ0n) is 12.2. The normalized spacial score (nSPS) is 18.0. The molecule has 2 rings (SSSR count). The summed E-state index contributed by atoms with van der Waals surface area (Å²) in [4.78, 5) is 0. The molecule has 0 bridgehead atoms. The minimum Gasteiger partial charge on any atom is -0.352 e. The number of hydrogen-bond acceptors (Lipinski definition) is 3. The molecule has 0 amide bonds. The predicted molar refractivity (Wildman–Crippen MR) is 77.3 cm³/mol. The van der Waals surface area contributed by atoms with E-state index in [0.717, 1.165) is 6.54 Å². The maximum absolute atomic E-state index is 5.57. The molecule has 0 aromatic heterocycles. The van der Waals surface area contributed by atoms with E-state index in [0.29, 0.717) is 19.3 Å². The fourth-order valence-corrected chi connectivity index (χ4v) is 2.71. The lowest BCUT2D eigenvalue weighted by atomic mass is 10.1. The molecule has 0 heterocycles. The molecule has 1 aromatic rings. The van der Waals surface area contributed by atoms with E-state index in [2.05, 4.69) is 30.4 Å². The number of ether oxygens (including phenoxy) is 2. The summed E-state index contributed by atoms with van der Waals surface area (Å²) in [5.74, 6) is 0. The van der Waals surface area contributed by atoms with Crippen molar-refractivity contribution in [3.8, 4) is 0 Å². The van der Waals surface area contributed by atoms with Crippen LogP contribution in [0, 0.1) is 6.92 Å². The minimum absolute atomic E-state index is 0.135. The van der Waals surface area contributed by atoms with Crippen LogP contribution in [0.25, 0.3) is 0 Å². The van der Waals surface area contributed by atoms with Crippen LogP contribution in [0.4, 0.5) is 0 Å². The fourth-order valence-electron chi connectivity index (χ4n) is 2.71. The highest BCUT2D eigenvalue weighted by Gasteiger charge is 2.23. The first-order chi connectivity index (χ1) is 9.24. The highest BCUT2D eigenvalue weighted by atomic mass is 16.7. The summed E-state index contributed by atoms with van der Waals surface area (Å²) in [6.45, 7) is 8.28. The van der Waals surface area contributed by atoms with Crippen molar-refractivity contribution in [2.45, 2.75) is 45.9 Å². The van der Waals surface area contributed by atoms with Gasteiger partial charge in [-0.2, -0.15) is 0 Å². The van der Waals surface area contributed by atoms with Crippen LogP contribution < -0.4 is 5.32 Å². The lowest BCUT2D eigenvalue weighted by molar-refractivity contribution is -0.133. The van der Waals surface area contributed by atoms with Gasteiger partial charge in [-0.3, -0.25) is 0 Å². The van der Waals surface area contributed by atoms with Gasteiger partial charge in [-0.15, -0.1) is 0 Å². The Morgan fingerprint density at radius 3 is 2.68 bits per heavy atom. The zero-order chi connectivity index (χ0) is 13.7. The molecule has 1 aliphatic carbocycles. The molecule has 0 saturated heterocycles. The molecule has 106 valence electrons. The van der Waals surface area contributed by atoms with Crippen LogP contribution in [0.15, 0.2) is 18.2 Å². The third-order valence-electron chi connectivity index (χ3n) is 3.62. The van der Waals surface area contributed by atoms with E-state index in [4.69, 9.17) is 9.47 Å². The van der Waals surface area contributed by atoms with E-state index in [1.807, 2.05) is 13.8 Å². The third kappa shape index (κ3) is 3.78. The van der Waals surface area contributed by atoms with Crippen molar-refractivity contribution in [1.29, 1.82) is 0 Å². The zero-order valence-corrected chi connectivity index (χ0v) is 12.2. The van der Waals surface area contributed by atoms with E-state index in [1.165, 1.54) is 29.5 Å². The number of nitrogens with one attached hydrogen (secondary N) is 1.